The van der Waals surface area contributed by atoms with Crippen molar-refractivity contribution >= 4 is 0 Å². The molecule has 1 aromatic carbocycles. The standard InChI is InChI=1S/C20H26O6/c1-5-17-15-20(26-14-12-24-10-8-22-4)18(6-2)16-19(17)25-13-11-23-9-7-21-3/h1-2,15-16H,7-14H2,3-4H3. The molecular weight excluding hydrogens is 336 g/mol. The lowest BCUT2D eigenvalue weighted by molar-refractivity contribution is 0.0538. The van der Waals surface area contributed by atoms with Gasteiger partial charge in [-0.15, -0.1) is 12.8 Å². The van der Waals surface area contributed by atoms with Crippen molar-refractivity contribution in [3.8, 4) is 36.2 Å². The van der Waals surface area contributed by atoms with Crippen LogP contribution in [0.3, 0.4) is 0 Å². The summed E-state index contributed by atoms with van der Waals surface area (Å²) in [5.41, 5.74) is 1.13. The number of ether oxygens (including phenoxy) is 6. The van der Waals surface area contributed by atoms with Gasteiger partial charge in [-0.2, -0.15) is 0 Å². The molecule has 6 heteroatoms. The molecule has 0 unspecified atom stereocenters. The summed E-state index contributed by atoms with van der Waals surface area (Å²) >= 11 is 0. The van der Waals surface area contributed by atoms with Crippen LogP contribution in [0, 0.1) is 24.7 Å². The van der Waals surface area contributed by atoms with Crippen LogP contribution >= 0.6 is 0 Å². The summed E-state index contributed by atoms with van der Waals surface area (Å²) in [6, 6.07) is 3.40. The number of terminal acetylenes is 2. The maximum absolute atomic E-state index is 5.68. The van der Waals surface area contributed by atoms with E-state index < -0.39 is 0 Å². The van der Waals surface area contributed by atoms with Crippen molar-refractivity contribution in [3.63, 3.8) is 0 Å². The number of hydrogen-bond donors (Lipinski definition) is 0. The highest BCUT2D eigenvalue weighted by molar-refractivity contribution is 5.57. The highest BCUT2D eigenvalue weighted by atomic mass is 16.5. The Kier molecular flexibility index (Phi) is 11.8. The van der Waals surface area contributed by atoms with Gasteiger partial charge in [-0.25, -0.2) is 0 Å². The molecule has 0 bridgehead atoms. The molecule has 6 nitrogen and oxygen atoms in total. The van der Waals surface area contributed by atoms with E-state index in [9.17, 15) is 0 Å². The van der Waals surface area contributed by atoms with E-state index in [1.807, 2.05) is 0 Å². The minimum atomic E-state index is 0.357. The van der Waals surface area contributed by atoms with Crippen molar-refractivity contribution in [1.82, 2.24) is 0 Å². The average molecular weight is 362 g/mol. The summed E-state index contributed by atoms with van der Waals surface area (Å²) in [6.45, 7) is 3.67. The van der Waals surface area contributed by atoms with Gasteiger partial charge in [0.25, 0.3) is 0 Å². The smallest absolute Gasteiger partial charge is 0.136 e. The van der Waals surface area contributed by atoms with Crippen molar-refractivity contribution in [2.24, 2.45) is 0 Å². The molecule has 1 aromatic rings. The van der Waals surface area contributed by atoms with Gasteiger partial charge in [0.2, 0.25) is 0 Å². The predicted octanol–water partition coefficient (Wildman–Crippen LogP) is 1.73. The second-order valence-corrected chi connectivity index (χ2v) is 5.04. The van der Waals surface area contributed by atoms with Crippen LogP contribution in [0.2, 0.25) is 0 Å². The Morgan fingerprint density at radius 1 is 0.654 bits per heavy atom. The number of hydrogen-bond acceptors (Lipinski definition) is 6. The van der Waals surface area contributed by atoms with E-state index in [4.69, 9.17) is 41.3 Å². The van der Waals surface area contributed by atoms with Gasteiger partial charge in [0.05, 0.1) is 50.8 Å². The molecule has 26 heavy (non-hydrogen) atoms. The first-order valence-corrected chi connectivity index (χ1v) is 8.27. The third-order valence-corrected chi connectivity index (χ3v) is 3.23. The summed E-state index contributed by atoms with van der Waals surface area (Å²) in [5, 5.41) is 0. The molecule has 142 valence electrons. The van der Waals surface area contributed by atoms with Gasteiger partial charge in [-0.05, 0) is 0 Å². The number of methoxy groups -OCH3 is 2. The fourth-order valence-electron chi connectivity index (χ4n) is 1.93. The molecule has 0 spiro atoms. The van der Waals surface area contributed by atoms with Gasteiger partial charge in [-0.1, -0.05) is 11.8 Å². The van der Waals surface area contributed by atoms with Gasteiger partial charge in [-0.3, -0.25) is 0 Å². The van der Waals surface area contributed by atoms with Crippen LogP contribution in [-0.2, 0) is 18.9 Å². The van der Waals surface area contributed by atoms with Crippen LogP contribution < -0.4 is 9.47 Å². The molecule has 0 aliphatic heterocycles. The second kappa shape index (κ2) is 14.0. The molecule has 0 amide bonds. The van der Waals surface area contributed by atoms with Crippen molar-refractivity contribution in [1.29, 1.82) is 0 Å². The fourth-order valence-corrected chi connectivity index (χ4v) is 1.93. The van der Waals surface area contributed by atoms with Gasteiger partial charge in [0.1, 0.15) is 24.7 Å². The summed E-state index contributed by atoms with van der Waals surface area (Å²) in [7, 11) is 3.24. The Labute approximate surface area is 155 Å². The second-order valence-electron chi connectivity index (χ2n) is 5.04. The monoisotopic (exact) mass is 362 g/mol. The molecule has 0 aliphatic carbocycles. The molecule has 0 radical (unpaired) electrons. The topological polar surface area (TPSA) is 55.4 Å². The summed E-state index contributed by atoms with van der Waals surface area (Å²) in [4.78, 5) is 0. The van der Waals surface area contributed by atoms with E-state index >= 15 is 0 Å². The first kappa shape index (κ1) is 21.8. The zero-order valence-corrected chi connectivity index (χ0v) is 15.4. The molecular formula is C20H26O6. The lowest BCUT2D eigenvalue weighted by atomic mass is 10.1. The van der Waals surface area contributed by atoms with E-state index in [1.165, 1.54) is 0 Å². The molecule has 0 fully saturated rings. The molecule has 1 rings (SSSR count). The minimum Gasteiger partial charge on any atom is -0.490 e. The van der Waals surface area contributed by atoms with Crippen LogP contribution in [0.4, 0.5) is 0 Å². The van der Waals surface area contributed by atoms with E-state index in [-0.39, 0.29) is 0 Å². The Balaban J connectivity index is 2.57. The Morgan fingerprint density at radius 3 is 1.38 bits per heavy atom. The summed E-state index contributed by atoms with van der Waals surface area (Å²) in [6.07, 6.45) is 11.1. The SMILES string of the molecule is C#Cc1cc(OCCOCCOC)c(C#C)cc1OCCOCCOC. The van der Waals surface area contributed by atoms with E-state index in [1.54, 1.807) is 26.4 Å². The molecule has 0 atom stereocenters. The highest BCUT2D eigenvalue weighted by Crippen LogP contribution is 2.28. The molecule has 0 N–H and O–H groups in total. The molecule has 0 aliphatic rings. The van der Waals surface area contributed by atoms with Crippen LogP contribution in [0.15, 0.2) is 12.1 Å². The van der Waals surface area contributed by atoms with Crippen LogP contribution in [0.25, 0.3) is 0 Å². The molecule has 0 aromatic heterocycles. The Bertz CT molecular complexity index is 546. The van der Waals surface area contributed by atoms with Crippen LogP contribution in [0.5, 0.6) is 11.5 Å². The van der Waals surface area contributed by atoms with E-state index in [2.05, 4.69) is 11.8 Å². The molecule has 0 heterocycles. The van der Waals surface area contributed by atoms with Gasteiger partial charge in [0, 0.05) is 26.4 Å². The first-order valence-electron chi connectivity index (χ1n) is 8.27. The third-order valence-electron chi connectivity index (χ3n) is 3.23. The Hall–Kier alpha value is -2.22. The predicted molar refractivity (Wildman–Crippen MR) is 98.7 cm³/mol. The average Bonchev–Trinajstić information content (AvgIpc) is 2.67. The van der Waals surface area contributed by atoms with Gasteiger partial charge in [0.15, 0.2) is 0 Å². The lowest BCUT2D eigenvalue weighted by Crippen LogP contribution is -2.12. The van der Waals surface area contributed by atoms with Crippen molar-refractivity contribution in [2.45, 2.75) is 0 Å². The lowest BCUT2D eigenvalue weighted by Gasteiger charge is -2.13. The van der Waals surface area contributed by atoms with Gasteiger partial charge >= 0.3 is 0 Å². The van der Waals surface area contributed by atoms with Crippen LogP contribution in [-0.4, -0.2) is 67.1 Å². The summed E-state index contributed by atoms with van der Waals surface area (Å²) < 4.78 is 31.9. The number of benzene rings is 1. The zero-order chi connectivity index (χ0) is 19.0. The van der Waals surface area contributed by atoms with Crippen molar-refractivity contribution in [3.05, 3.63) is 23.3 Å². The molecule has 0 saturated carbocycles. The minimum absolute atomic E-state index is 0.357. The quantitative estimate of drug-likeness (QED) is 0.371. The Morgan fingerprint density at radius 2 is 1.04 bits per heavy atom. The first-order chi connectivity index (χ1) is 12.8. The zero-order valence-electron chi connectivity index (χ0n) is 15.4. The normalized spacial score (nSPS) is 10.2. The molecule has 0 saturated heterocycles. The maximum Gasteiger partial charge on any atom is 0.136 e. The third kappa shape index (κ3) is 8.24. The van der Waals surface area contributed by atoms with Gasteiger partial charge < -0.3 is 28.4 Å². The van der Waals surface area contributed by atoms with E-state index in [0.29, 0.717) is 75.5 Å². The maximum atomic E-state index is 5.68. The van der Waals surface area contributed by atoms with Crippen LogP contribution in [0.1, 0.15) is 11.1 Å². The van der Waals surface area contributed by atoms with Crippen molar-refractivity contribution < 1.29 is 28.4 Å². The van der Waals surface area contributed by atoms with Crippen molar-refractivity contribution in [2.75, 3.05) is 67.1 Å². The fraction of sp³-hybridized carbons (Fsp3) is 0.500. The largest absolute Gasteiger partial charge is 0.490 e. The highest BCUT2D eigenvalue weighted by Gasteiger charge is 2.10. The summed E-state index contributed by atoms with van der Waals surface area (Å²) in [5.74, 6) is 6.22. The van der Waals surface area contributed by atoms with E-state index in [0.717, 1.165) is 0 Å². The number of rotatable bonds is 14.